The van der Waals surface area contributed by atoms with Crippen molar-refractivity contribution in [2.45, 2.75) is 131 Å². The van der Waals surface area contributed by atoms with Gasteiger partial charge < -0.3 is 4.74 Å². The van der Waals surface area contributed by atoms with Crippen LogP contribution in [0, 0.1) is 0 Å². The molecule has 0 N–H and O–H groups in total. The summed E-state index contributed by atoms with van der Waals surface area (Å²) < 4.78 is 5.68. The van der Waals surface area contributed by atoms with Crippen molar-refractivity contribution in [3.63, 3.8) is 0 Å². The fraction of sp³-hybridized carbons (Fsp3) is 0.667. The molecule has 0 unspecified atom stereocenters. The molecule has 0 bridgehead atoms. The van der Waals surface area contributed by atoms with Gasteiger partial charge in [0.05, 0.1) is 11.7 Å². The van der Waals surface area contributed by atoms with E-state index in [4.69, 9.17) is 4.74 Å². The Labute approximate surface area is 194 Å². The first-order chi connectivity index (χ1) is 14.6. The fourth-order valence-electron chi connectivity index (χ4n) is 3.85. The Kier molecular flexibility index (Phi) is 13.1. The molecule has 1 atom stereocenters. The first-order valence-electron chi connectivity index (χ1n) is 12.5. The van der Waals surface area contributed by atoms with Crippen LogP contribution >= 0.6 is 0 Å². The van der Waals surface area contributed by atoms with E-state index in [0.717, 1.165) is 12.8 Å². The van der Waals surface area contributed by atoms with Gasteiger partial charge in [0.25, 0.3) is 0 Å². The molecule has 176 valence electrons. The van der Waals surface area contributed by atoms with Gasteiger partial charge in [-0.3, -0.25) is 0 Å². The van der Waals surface area contributed by atoms with E-state index in [0.29, 0.717) is 6.10 Å². The highest BCUT2D eigenvalue weighted by molar-refractivity contribution is 5.08. The number of unbranched alkanes of at least 4 members (excludes halogenated alkanes) is 1. The molecule has 0 radical (unpaired) electrons. The SMILES string of the molecule is CC(C)=CCC/C(C)=C\CC/C(C)=C/CC/C=C(\C)CC/C=C(\C)CC[C@@H]1OC1(C)C. The third-order valence-corrected chi connectivity index (χ3v) is 6.27. The highest BCUT2D eigenvalue weighted by Gasteiger charge is 2.46. The summed E-state index contributed by atoms with van der Waals surface area (Å²) in [6.07, 6.45) is 24.3. The van der Waals surface area contributed by atoms with Crippen molar-refractivity contribution >= 4 is 0 Å². The van der Waals surface area contributed by atoms with Crippen LogP contribution in [0.2, 0.25) is 0 Å². The minimum Gasteiger partial charge on any atom is -0.367 e. The van der Waals surface area contributed by atoms with Crippen LogP contribution in [0.3, 0.4) is 0 Å². The molecule has 0 aromatic rings. The maximum atomic E-state index is 5.68. The first kappa shape index (κ1) is 27.7. The Balaban J connectivity index is 2.15. The zero-order valence-electron chi connectivity index (χ0n) is 21.9. The average molecular weight is 427 g/mol. The summed E-state index contributed by atoms with van der Waals surface area (Å²) >= 11 is 0. The Morgan fingerprint density at radius 1 is 0.581 bits per heavy atom. The molecule has 0 amide bonds. The van der Waals surface area contributed by atoms with E-state index in [-0.39, 0.29) is 5.60 Å². The topological polar surface area (TPSA) is 12.5 Å². The van der Waals surface area contributed by atoms with Crippen LogP contribution in [-0.2, 0) is 4.74 Å². The lowest BCUT2D eigenvalue weighted by Crippen LogP contribution is -2.02. The number of rotatable bonds is 15. The summed E-state index contributed by atoms with van der Waals surface area (Å²) in [5, 5.41) is 0. The van der Waals surface area contributed by atoms with Crippen molar-refractivity contribution in [3.8, 4) is 0 Å². The minimum atomic E-state index is 0.132. The molecule has 0 saturated carbocycles. The molecule has 1 aliphatic rings. The second-order valence-corrected chi connectivity index (χ2v) is 10.4. The predicted octanol–water partition coefficient (Wildman–Crippen LogP) is 9.82. The molecule has 0 spiro atoms. The summed E-state index contributed by atoms with van der Waals surface area (Å²) in [6.45, 7) is 17.8. The lowest BCUT2D eigenvalue weighted by atomic mass is 10.0. The molecule has 1 heteroatoms. The third kappa shape index (κ3) is 14.4. The molecule has 1 rings (SSSR count). The van der Waals surface area contributed by atoms with Crippen LogP contribution in [-0.4, -0.2) is 11.7 Å². The second-order valence-electron chi connectivity index (χ2n) is 10.4. The Hall–Kier alpha value is -1.34. The van der Waals surface area contributed by atoms with E-state index in [1.54, 1.807) is 0 Å². The summed E-state index contributed by atoms with van der Waals surface area (Å²) in [6, 6.07) is 0. The van der Waals surface area contributed by atoms with E-state index >= 15 is 0 Å². The van der Waals surface area contributed by atoms with Crippen molar-refractivity contribution in [1.29, 1.82) is 0 Å². The van der Waals surface area contributed by atoms with Gasteiger partial charge in [-0.2, -0.15) is 0 Å². The zero-order valence-corrected chi connectivity index (χ0v) is 21.9. The minimum absolute atomic E-state index is 0.132. The molecular formula is C30H50O. The van der Waals surface area contributed by atoms with Crippen molar-refractivity contribution in [2.24, 2.45) is 0 Å². The van der Waals surface area contributed by atoms with E-state index in [9.17, 15) is 0 Å². The third-order valence-electron chi connectivity index (χ3n) is 6.27. The zero-order chi connectivity index (χ0) is 23.3. The van der Waals surface area contributed by atoms with Crippen LogP contribution in [0.5, 0.6) is 0 Å². The summed E-state index contributed by atoms with van der Waals surface area (Å²) in [7, 11) is 0. The number of allylic oxidation sites excluding steroid dienone is 10. The molecule has 1 heterocycles. The van der Waals surface area contributed by atoms with Crippen LogP contribution in [0.1, 0.15) is 120 Å². The largest absolute Gasteiger partial charge is 0.367 e. The number of hydrogen-bond acceptors (Lipinski definition) is 1. The van der Waals surface area contributed by atoms with Gasteiger partial charge in [0.15, 0.2) is 0 Å². The number of epoxide rings is 1. The maximum Gasteiger partial charge on any atom is 0.0892 e. The Bertz CT molecular complexity index is 677. The quantitative estimate of drug-likeness (QED) is 0.144. The van der Waals surface area contributed by atoms with Crippen LogP contribution in [0.15, 0.2) is 58.2 Å². The average Bonchev–Trinajstić information content (AvgIpc) is 3.30. The summed E-state index contributed by atoms with van der Waals surface area (Å²) in [4.78, 5) is 0. The summed E-state index contributed by atoms with van der Waals surface area (Å²) in [5.41, 5.74) is 7.65. The second kappa shape index (κ2) is 14.7. The Morgan fingerprint density at radius 3 is 1.32 bits per heavy atom. The lowest BCUT2D eigenvalue weighted by Gasteiger charge is -2.03. The fourth-order valence-corrected chi connectivity index (χ4v) is 3.85. The van der Waals surface area contributed by atoms with E-state index in [2.05, 4.69) is 85.8 Å². The highest BCUT2D eigenvalue weighted by atomic mass is 16.6. The van der Waals surface area contributed by atoms with Gasteiger partial charge in [-0.25, -0.2) is 0 Å². The van der Waals surface area contributed by atoms with Gasteiger partial charge >= 0.3 is 0 Å². The molecule has 1 nitrogen and oxygen atoms in total. The molecule has 0 aromatic carbocycles. The van der Waals surface area contributed by atoms with Gasteiger partial charge in [0.2, 0.25) is 0 Å². The molecule has 0 aromatic heterocycles. The normalized spacial score (nSPS) is 19.5. The van der Waals surface area contributed by atoms with E-state index in [1.165, 1.54) is 79.2 Å². The number of hydrogen-bond donors (Lipinski definition) is 0. The van der Waals surface area contributed by atoms with Crippen molar-refractivity contribution in [1.82, 2.24) is 0 Å². The predicted molar refractivity (Wildman–Crippen MR) is 140 cm³/mol. The van der Waals surface area contributed by atoms with Crippen molar-refractivity contribution < 1.29 is 4.74 Å². The maximum absolute atomic E-state index is 5.68. The van der Waals surface area contributed by atoms with Gasteiger partial charge in [-0.1, -0.05) is 58.2 Å². The molecule has 1 fully saturated rings. The Morgan fingerprint density at radius 2 is 0.935 bits per heavy atom. The first-order valence-corrected chi connectivity index (χ1v) is 12.5. The van der Waals surface area contributed by atoms with E-state index < -0.39 is 0 Å². The van der Waals surface area contributed by atoms with Crippen molar-refractivity contribution in [3.05, 3.63) is 58.2 Å². The van der Waals surface area contributed by atoms with Gasteiger partial charge in [0, 0.05) is 0 Å². The lowest BCUT2D eigenvalue weighted by molar-refractivity contribution is 0.320. The van der Waals surface area contributed by atoms with Gasteiger partial charge in [-0.05, 0) is 120 Å². The summed E-state index contributed by atoms with van der Waals surface area (Å²) in [5.74, 6) is 0. The van der Waals surface area contributed by atoms with Crippen LogP contribution < -0.4 is 0 Å². The molecule has 31 heavy (non-hydrogen) atoms. The molecule has 1 saturated heterocycles. The van der Waals surface area contributed by atoms with Crippen LogP contribution in [0.25, 0.3) is 0 Å². The molecular weight excluding hydrogens is 376 g/mol. The van der Waals surface area contributed by atoms with Gasteiger partial charge in [-0.15, -0.1) is 0 Å². The smallest absolute Gasteiger partial charge is 0.0892 e. The van der Waals surface area contributed by atoms with Crippen LogP contribution in [0.4, 0.5) is 0 Å². The van der Waals surface area contributed by atoms with E-state index in [1.807, 2.05) is 0 Å². The molecule has 1 aliphatic heterocycles. The van der Waals surface area contributed by atoms with Crippen molar-refractivity contribution in [2.75, 3.05) is 0 Å². The molecule has 0 aliphatic carbocycles. The monoisotopic (exact) mass is 426 g/mol. The standard InChI is InChI=1S/C30H50O/c1-24(2)14-11-17-27(5)20-12-18-25(3)15-9-10-16-26(4)19-13-21-28(6)22-23-29-30(7,8)31-29/h14-16,20-21,29H,9-13,17-19,22-23H2,1-8H3/b25-15+,26-16+,27-20-,28-21+/t29-/m0/s1. The van der Waals surface area contributed by atoms with Gasteiger partial charge in [0.1, 0.15) is 0 Å². The number of ether oxygens (including phenoxy) is 1. The highest BCUT2D eigenvalue weighted by Crippen LogP contribution is 2.38.